The molecule has 1 aromatic rings. The van der Waals surface area contributed by atoms with Gasteiger partial charge in [-0.15, -0.1) is 0 Å². The topological polar surface area (TPSA) is 85.2 Å². The van der Waals surface area contributed by atoms with Crippen molar-refractivity contribution in [1.82, 2.24) is 0 Å². The van der Waals surface area contributed by atoms with Crippen LogP contribution in [-0.2, 0) is 14.3 Å². The molecule has 1 aliphatic heterocycles. The maximum Gasteiger partial charge on any atom is 0.317 e. The molecule has 6 heteroatoms. The minimum Gasteiger partial charge on any atom is -0.504 e. The number of ether oxygens (including phenoxy) is 2. The van der Waals surface area contributed by atoms with E-state index in [2.05, 4.69) is 9.73 Å². The van der Waals surface area contributed by atoms with E-state index in [1.165, 1.54) is 7.11 Å². The predicted octanol–water partition coefficient (Wildman–Crippen LogP) is 1.69. The number of phenolic OH excluding ortho intramolecular Hbond substituents is 1. The average molecular weight is 291 g/mol. The molecule has 6 nitrogen and oxygen atoms in total. The molecular weight excluding hydrogens is 274 g/mol. The lowest BCUT2D eigenvalue weighted by Crippen LogP contribution is -2.07. The van der Waals surface area contributed by atoms with Crippen LogP contribution >= 0.6 is 0 Å². The summed E-state index contributed by atoms with van der Waals surface area (Å²) in [7, 11) is 1.48. The van der Waals surface area contributed by atoms with Crippen LogP contribution in [0.5, 0.6) is 11.5 Å². The third-order valence-electron chi connectivity index (χ3n) is 3.24. The van der Waals surface area contributed by atoms with Crippen LogP contribution in [0.15, 0.2) is 23.2 Å². The van der Waals surface area contributed by atoms with Crippen molar-refractivity contribution in [2.45, 2.75) is 19.3 Å². The summed E-state index contributed by atoms with van der Waals surface area (Å²) in [4.78, 5) is 26.4. The van der Waals surface area contributed by atoms with Crippen LogP contribution < -0.4 is 4.74 Å². The number of nitrogens with zero attached hydrogens (tertiary/aromatic N) is 1. The molecule has 1 fully saturated rings. The first-order chi connectivity index (χ1) is 10.1. The molecule has 1 unspecified atom stereocenters. The van der Waals surface area contributed by atoms with Crippen molar-refractivity contribution in [1.29, 1.82) is 0 Å². The van der Waals surface area contributed by atoms with Gasteiger partial charge in [-0.05, 0) is 36.6 Å². The van der Waals surface area contributed by atoms with E-state index in [1.807, 2.05) is 0 Å². The SMILES string of the molecule is COc1cc(C=NCCCC2CC(=O)OC2=O)ccc1O. The predicted molar refractivity (Wildman–Crippen MR) is 75.6 cm³/mol. The highest BCUT2D eigenvalue weighted by atomic mass is 16.6. The van der Waals surface area contributed by atoms with E-state index in [1.54, 1.807) is 24.4 Å². The minimum atomic E-state index is -0.440. The molecule has 0 saturated carbocycles. The Morgan fingerprint density at radius 3 is 2.95 bits per heavy atom. The van der Waals surface area contributed by atoms with Crippen LogP contribution in [0.25, 0.3) is 0 Å². The number of hydrogen-bond donors (Lipinski definition) is 1. The maximum atomic E-state index is 11.3. The van der Waals surface area contributed by atoms with Crippen molar-refractivity contribution < 1.29 is 24.2 Å². The molecule has 1 aliphatic rings. The first-order valence-electron chi connectivity index (χ1n) is 6.71. The van der Waals surface area contributed by atoms with Gasteiger partial charge in [0, 0.05) is 12.8 Å². The summed E-state index contributed by atoms with van der Waals surface area (Å²) in [6, 6.07) is 4.96. The van der Waals surface area contributed by atoms with E-state index in [4.69, 9.17) is 4.74 Å². The highest BCUT2D eigenvalue weighted by Crippen LogP contribution is 2.25. The second-order valence-electron chi connectivity index (χ2n) is 4.80. The second-order valence-corrected chi connectivity index (χ2v) is 4.80. The molecule has 0 radical (unpaired) electrons. The molecule has 2 rings (SSSR count). The number of phenols is 1. The van der Waals surface area contributed by atoms with Gasteiger partial charge in [-0.2, -0.15) is 0 Å². The Morgan fingerprint density at radius 1 is 1.48 bits per heavy atom. The van der Waals surface area contributed by atoms with Gasteiger partial charge < -0.3 is 14.6 Å². The van der Waals surface area contributed by atoms with Gasteiger partial charge in [0.2, 0.25) is 0 Å². The number of cyclic esters (lactones) is 2. The summed E-state index contributed by atoms with van der Waals surface area (Å²) < 4.78 is 9.49. The van der Waals surface area contributed by atoms with Gasteiger partial charge in [0.05, 0.1) is 19.4 Å². The molecule has 1 atom stereocenters. The van der Waals surface area contributed by atoms with E-state index in [0.29, 0.717) is 25.1 Å². The third-order valence-corrected chi connectivity index (χ3v) is 3.24. The standard InChI is InChI=1S/C15H17NO5/c1-20-13-7-10(4-5-12(13)17)9-16-6-2-3-11-8-14(18)21-15(11)19/h4-5,7,9,11,17H,2-3,6,8H2,1H3. The molecule has 0 amide bonds. The number of benzene rings is 1. The number of aliphatic imine (C=N–C) groups is 1. The molecule has 0 aromatic heterocycles. The van der Waals surface area contributed by atoms with Crippen LogP contribution in [0.2, 0.25) is 0 Å². The Kier molecular flexibility index (Phi) is 4.92. The zero-order valence-electron chi connectivity index (χ0n) is 11.7. The molecule has 1 saturated heterocycles. The van der Waals surface area contributed by atoms with Crippen molar-refractivity contribution in [3.05, 3.63) is 23.8 Å². The van der Waals surface area contributed by atoms with Crippen LogP contribution in [-0.4, -0.2) is 36.9 Å². The highest BCUT2D eigenvalue weighted by molar-refractivity contribution is 5.94. The fourth-order valence-corrected chi connectivity index (χ4v) is 2.12. The normalized spacial score (nSPS) is 18.2. The summed E-state index contributed by atoms with van der Waals surface area (Å²) in [5.74, 6) is -0.705. The van der Waals surface area contributed by atoms with Crippen LogP contribution in [0, 0.1) is 5.92 Å². The number of hydrogen-bond acceptors (Lipinski definition) is 6. The molecule has 112 valence electrons. The molecular formula is C15H17NO5. The average Bonchev–Trinajstić information content (AvgIpc) is 2.78. The number of carbonyl (C=O) groups is 2. The summed E-state index contributed by atoms with van der Waals surface area (Å²) in [6.07, 6.45) is 3.16. The van der Waals surface area contributed by atoms with Crippen LogP contribution in [0.3, 0.4) is 0 Å². The van der Waals surface area contributed by atoms with E-state index >= 15 is 0 Å². The quantitative estimate of drug-likeness (QED) is 0.373. The zero-order chi connectivity index (χ0) is 15.2. The first-order valence-corrected chi connectivity index (χ1v) is 6.71. The van der Waals surface area contributed by atoms with Gasteiger partial charge in [0.15, 0.2) is 11.5 Å². The number of methoxy groups -OCH3 is 1. The Morgan fingerprint density at radius 2 is 2.29 bits per heavy atom. The van der Waals surface area contributed by atoms with Crippen molar-refractivity contribution in [2.75, 3.05) is 13.7 Å². The number of rotatable bonds is 6. The monoisotopic (exact) mass is 291 g/mol. The van der Waals surface area contributed by atoms with Gasteiger partial charge in [-0.3, -0.25) is 14.6 Å². The van der Waals surface area contributed by atoms with Gasteiger partial charge >= 0.3 is 11.9 Å². The van der Waals surface area contributed by atoms with Crippen molar-refractivity contribution in [3.8, 4) is 11.5 Å². The number of carbonyl (C=O) groups excluding carboxylic acids is 2. The van der Waals surface area contributed by atoms with Crippen molar-refractivity contribution >= 4 is 18.2 Å². The molecule has 0 spiro atoms. The van der Waals surface area contributed by atoms with E-state index in [9.17, 15) is 14.7 Å². The highest BCUT2D eigenvalue weighted by Gasteiger charge is 2.32. The molecule has 0 bridgehead atoms. The molecule has 1 heterocycles. The Hall–Kier alpha value is -2.37. The Balaban J connectivity index is 1.78. The van der Waals surface area contributed by atoms with Gasteiger partial charge in [-0.25, -0.2) is 0 Å². The summed E-state index contributed by atoms with van der Waals surface area (Å²) in [6.45, 7) is 0.557. The largest absolute Gasteiger partial charge is 0.504 e. The number of esters is 2. The molecule has 21 heavy (non-hydrogen) atoms. The summed E-state index contributed by atoms with van der Waals surface area (Å²) in [5.41, 5.74) is 0.820. The van der Waals surface area contributed by atoms with Gasteiger partial charge in [0.1, 0.15) is 0 Å². The van der Waals surface area contributed by atoms with Gasteiger partial charge in [0.25, 0.3) is 0 Å². The minimum absolute atomic E-state index is 0.0825. The Bertz CT molecular complexity index is 567. The summed E-state index contributed by atoms with van der Waals surface area (Å²) in [5, 5.41) is 9.47. The van der Waals surface area contributed by atoms with Gasteiger partial charge in [-0.1, -0.05) is 0 Å². The van der Waals surface area contributed by atoms with E-state index in [0.717, 1.165) is 5.56 Å². The fraction of sp³-hybridized carbons (Fsp3) is 0.400. The lowest BCUT2D eigenvalue weighted by atomic mass is 10.0. The van der Waals surface area contributed by atoms with E-state index < -0.39 is 11.9 Å². The first kappa shape index (κ1) is 15.0. The molecule has 1 N–H and O–H groups in total. The molecule has 0 aliphatic carbocycles. The summed E-state index contributed by atoms with van der Waals surface area (Å²) >= 11 is 0. The lowest BCUT2D eigenvalue weighted by molar-refractivity contribution is -0.153. The molecule has 1 aromatic carbocycles. The third kappa shape index (κ3) is 4.05. The smallest absolute Gasteiger partial charge is 0.317 e. The van der Waals surface area contributed by atoms with Crippen molar-refractivity contribution in [3.63, 3.8) is 0 Å². The number of aromatic hydroxyl groups is 1. The maximum absolute atomic E-state index is 11.3. The zero-order valence-corrected chi connectivity index (χ0v) is 11.7. The van der Waals surface area contributed by atoms with E-state index in [-0.39, 0.29) is 18.1 Å². The van der Waals surface area contributed by atoms with Crippen LogP contribution in [0.4, 0.5) is 0 Å². The Labute approximate surface area is 122 Å². The second kappa shape index (κ2) is 6.88. The van der Waals surface area contributed by atoms with Crippen LogP contribution in [0.1, 0.15) is 24.8 Å². The lowest BCUT2D eigenvalue weighted by Gasteiger charge is -2.04. The van der Waals surface area contributed by atoms with Crippen molar-refractivity contribution in [2.24, 2.45) is 10.9 Å². The fourth-order valence-electron chi connectivity index (χ4n) is 2.12.